The van der Waals surface area contributed by atoms with Crippen LogP contribution in [-0.4, -0.2) is 23.7 Å². The molecule has 4 rings (SSSR count). The van der Waals surface area contributed by atoms with E-state index in [9.17, 15) is 18.0 Å². The van der Waals surface area contributed by atoms with Gasteiger partial charge >= 0.3 is 12.3 Å². The van der Waals surface area contributed by atoms with Gasteiger partial charge in [-0.3, -0.25) is 4.98 Å². The molecule has 0 aliphatic carbocycles. The molecule has 0 fully saturated rings. The van der Waals surface area contributed by atoms with E-state index in [0.717, 1.165) is 34.5 Å². The number of rotatable bonds is 4. The van der Waals surface area contributed by atoms with Gasteiger partial charge in [0.25, 0.3) is 0 Å². The molecule has 0 bridgehead atoms. The van der Waals surface area contributed by atoms with Gasteiger partial charge in [-0.15, -0.1) is 0 Å². The van der Waals surface area contributed by atoms with Crippen LogP contribution in [0.5, 0.6) is 0 Å². The lowest BCUT2D eigenvalue weighted by Gasteiger charge is -2.36. The molecule has 2 heterocycles. The van der Waals surface area contributed by atoms with Crippen LogP contribution in [0.25, 0.3) is 0 Å². The minimum atomic E-state index is -4.41. The number of halogens is 3. The van der Waals surface area contributed by atoms with Gasteiger partial charge in [0.05, 0.1) is 12.1 Å². The molecule has 1 aliphatic rings. The zero-order valence-corrected chi connectivity index (χ0v) is 16.5. The predicted molar refractivity (Wildman–Crippen MR) is 110 cm³/mol. The highest BCUT2D eigenvalue weighted by Crippen LogP contribution is 2.38. The van der Waals surface area contributed by atoms with Crippen LogP contribution in [0.1, 0.15) is 22.3 Å². The molecule has 1 unspecified atom stereocenters. The Balaban J connectivity index is 1.73. The lowest BCUT2D eigenvalue weighted by atomic mass is 9.91. The van der Waals surface area contributed by atoms with Gasteiger partial charge in [-0.25, -0.2) is 4.79 Å². The number of hydrogen-bond acceptors (Lipinski definition) is 4. The van der Waals surface area contributed by atoms with E-state index in [-0.39, 0.29) is 6.54 Å². The van der Waals surface area contributed by atoms with E-state index in [0.29, 0.717) is 18.5 Å². The van der Waals surface area contributed by atoms with Crippen molar-refractivity contribution in [2.75, 3.05) is 11.4 Å². The van der Waals surface area contributed by atoms with Crippen molar-refractivity contribution in [3.8, 4) is 0 Å². The molecule has 0 spiro atoms. The average molecular weight is 427 g/mol. The van der Waals surface area contributed by atoms with Crippen molar-refractivity contribution in [3.63, 3.8) is 0 Å². The molecule has 3 aromatic rings. The zero-order valence-electron chi connectivity index (χ0n) is 16.5. The number of ether oxygens (including phenoxy) is 1. The first-order valence-electron chi connectivity index (χ1n) is 9.72. The molecule has 0 radical (unpaired) electrons. The molecule has 160 valence electrons. The molecule has 0 saturated heterocycles. The maximum atomic E-state index is 13.0. The summed E-state index contributed by atoms with van der Waals surface area (Å²) in [6.45, 7) is 0.289. The lowest BCUT2D eigenvalue weighted by molar-refractivity contribution is -0.137. The van der Waals surface area contributed by atoms with Crippen molar-refractivity contribution in [3.05, 3.63) is 89.2 Å². The van der Waals surface area contributed by atoms with Gasteiger partial charge in [0.2, 0.25) is 0 Å². The normalized spacial score (nSPS) is 16.0. The SMILES string of the molecule is NC(=O)OC1Cc2c(Cc3cccnc3)cccc2N(c2ccc(C(F)(F)F)cc2)C1. The third-order valence-corrected chi connectivity index (χ3v) is 5.26. The van der Waals surface area contributed by atoms with E-state index >= 15 is 0 Å². The number of hydrogen-bond donors (Lipinski definition) is 1. The number of primary amides is 1. The molecule has 1 atom stereocenters. The average Bonchev–Trinajstić information content (AvgIpc) is 2.73. The maximum Gasteiger partial charge on any atom is 0.416 e. The molecule has 1 aromatic heterocycles. The molecule has 1 aliphatic heterocycles. The molecule has 31 heavy (non-hydrogen) atoms. The third kappa shape index (κ3) is 4.63. The molecule has 2 aromatic carbocycles. The van der Waals surface area contributed by atoms with E-state index in [4.69, 9.17) is 10.5 Å². The molecule has 8 heteroatoms. The van der Waals surface area contributed by atoms with Gasteiger partial charge in [-0.2, -0.15) is 13.2 Å². The summed E-state index contributed by atoms with van der Waals surface area (Å²) in [6.07, 6.45) is -1.24. The second-order valence-electron chi connectivity index (χ2n) is 7.37. The fraction of sp³-hybridized carbons (Fsp3) is 0.217. The summed E-state index contributed by atoms with van der Waals surface area (Å²) >= 11 is 0. The van der Waals surface area contributed by atoms with Gasteiger partial charge in [0.15, 0.2) is 0 Å². The number of nitrogens with zero attached hydrogens (tertiary/aromatic N) is 2. The number of aromatic nitrogens is 1. The number of amides is 1. The minimum Gasteiger partial charge on any atom is -0.444 e. The van der Waals surface area contributed by atoms with E-state index in [1.54, 1.807) is 12.4 Å². The molecule has 5 nitrogen and oxygen atoms in total. The fourth-order valence-electron chi connectivity index (χ4n) is 3.91. The van der Waals surface area contributed by atoms with Crippen molar-refractivity contribution in [2.24, 2.45) is 5.73 Å². The quantitative estimate of drug-likeness (QED) is 0.646. The Morgan fingerprint density at radius 2 is 1.90 bits per heavy atom. The van der Waals surface area contributed by atoms with Crippen LogP contribution >= 0.6 is 0 Å². The summed E-state index contributed by atoms with van der Waals surface area (Å²) in [5, 5.41) is 0. The lowest BCUT2D eigenvalue weighted by Crippen LogP contribution is -2.40. The Morgan fingerprint density at radius 3 is 2.55 bits per heavy atom. The molecule has 1 amide bonds. The minimum absolute atomic E-state index is 0.289. The van der Waals surface area contributed by atoms with Gasteiger partial charge in [-0.1, -0.05) is 18.2 Å². The van der Waals surface area contributed by atoms with Crippen molar-refractivity contribution in [1.82, 2.24) is 4.98 Å². The number of benzene rings is 2. The molecular weight excluding hydrogens is 407 g/mol. The Labute approximate surface area is 177 Å². The second kappa shape index (κ2) is 8.29. The maximum absolute atomic E-state index is 13.0. The predicted octanol–water partition coefficient (Wildman–Crippen LogP) is 4.85. The fourth-order valence-corrected chi connectivity index (χ4v) is 3.91. The Hall–Kier alpha value is -3.55. The number of carbonyl (C=O) groups is 1. The largest absolute Gasteiger partial charge is 0.444 e. The van der Waals surface area contributed by atoms with E-state index in [1.165, 1.54) is 12.1 Å². The van der Waals surface area contributed by atoms with Crippen LogP contribution in [0.15, 0.2) is 67.0 Å². The smallest absolute Gasteiger partial charge is 0.416 e. The number of alkyl halides is 3. The van der Waals surface area contributed by atoms with Crippen molar-refractivity contribution >= 4 is 17.5 Å². The molecule has 2 N–H and O–H groups in total. The van der Waals surface area contributed by atoms with Crippen molar-refractivity contribution in [2.45, 2.75) is 25.1 Å². The first-order chi connectivity index (χ1) is 14.8. The first-order valence-corrected chi connectivity index (χ1v) is 9.72. The van der Waals surface area contributed by atoms with Crippen LogP contribution in [-0.2, 0) is 23.8 Å². The van der Waals surface area contributed by atoms with Gasteiger partial charge in [0, 0.05) is 30.2 Å². The standard InChI is InChI=1S/C23H20F3N3O2/c24-23(25,26)17-6-8-18(9-7-17)29-14-19(31-22(27)30)12-20-16(4-1-5-21(20)29)11-15-3-2-10-28-13-15/h1-10,13,19H,11-12,14H2,(H2,27,30). The van der Waals surface area contributed by atoms with Crippen molar-refractivity contribution in [1.29, 1.82) is 0 Å². The van der Waals surface area contributed by atoms with Crippen LogP contribution < -0.4 is 10.6 Å². The van der Waals surface area contributed by atoms with Crippen LogP contribution in [0, 0.1) is 0 Å². The first kappa shape index (κ1) is 20.7. The van der Waals surface area contributed by atoms with Gasteiger partial charge in [-0.05, 0) is 59.5 Å². The van der Waals surface area contributed by atoms with E-state index in [1.807, 2.05) is 35.2 Å². The van der Waals surface area contributed by atoms with Crippen LogP contribution in [0.2, 0.25) is 0 Å². The molecule has 0 saturated carbocycles. The summed E-state index contributed by atoms with van der Waals surface area (Å²) in [5.41, 5.74) is 8.98. The summed E-state index contributed by atoms with van der Waals surface area (Å²) in [4.78, 5) is 17.4. The zero-order chi connectivity index (χ0) is 22.0. The van der Waals surface area contributed by atoms with Crippen LogP contribution in [0.3, 0.4) is 0 Å². The Morgan fingerprint density at radius 1 is 1.13 bits per heavy atom. The number of carbonyl (C=O) groups excluding carboxylic acids is 1. The Bertz CT molecular complexity index is 1070. The second-order valence-corrected chi connectivity index (χ2v) is 7.37. The Kier molecular flexibility index (Phi) is 5.54. The molecular formula is C23H20F3N3O2. The monoisotopic (exact) mass is 427 g/mol. The number of fused-ring (bicyclic) bond motifs is 1. The van der Waals surface area contributed by atoms with Crippen molar-refractivity contribution < 1.29 is 22.7 Å². The summed E-state index contributed by atoms with van der Waals surface area (Å²) in [7, 11) is 0. The van der Waals surface area contributed by atoms with Gasteiger partial charge in [0.1, 0.15) is 6.10 Å². The number of nitrogens with two attached hydrogens (primary N) is 1. The summed E-state index contributed by atoms with van der Waals surface area (Å²) in [6, 6.07) is 14.6. The highest BCUT2D eigenvalue weighted by atomic mass is 19.4. The number of pyridine rings is 1. The topological polar surface area (TPSA) is 68.5 Å². The summed E-state index contributed by atoms with van der Waals surface area (Å²) < 4.78 is 44.2. The van der Waals surface area contributed by atoms with E-state index < -0.39 is 23.9 Å². The highest BCUT2D eigenvalue weighted by molar-refractivity contribution is 5.71. The number of anilines is 2. The highest BCUT2D eigenvalue weighted by Gasteiger charge is 2.32. The van der Waals surface area contributed by atoms with Crippen LogP contribution in [0.4, 0.5) is 29.3 Å². The van der Waals surface area contributed by atoms with E-state index in [2.05, 4.69) is 4.98 Å². The summed E-state index contributed by atoms with van der Waals surface area (Å²) in [5.74, 6) is 0. The third-order valence-electron chi connectivity index (χ3n) is 5.26. The van der Waals surface area contributed by atoms with Gasteiger partial charge < -0.3 is 15.4 Å².